The molecular formula is C20H30N4O3S. The van der Waals surface area contributed by atoms with Crippen LogP contribution in [0.1, 0.15) is 61.7 Å². The molecule has 154 valence electrons. The molecule has 1 N–H and O–H groups in total. The van der Waals surface area contributed by atoms with Gasteiger partial charge in [0, 0.05) is 38.4 Å². The third-order valence-electron chi connectivity index (χ3n) is 6.22. The van der Waals surface area contributed by atoms with Gasteiger partial charge in [0.05, 0.1) is 10.8 Å². The van der Waals surface area contributed by atoms with Gasteiger partial charge in [-0.2, -0.15) is 0 Å². The summed E-state index contributed by atoms with van der Waals surface area (Å²) in [4.78, 5) is 21.3. The Morgan fingerprint density at radius 2 is 1.75 bits per heavy atom. The molecular weight excluding hydrogens is 376 g/mol. The molecule has 3 aliphatic rings. The van der Waals surface area contributed by atoms with E-state index in [4.69, 9.17) is 0 Å². The van der Waals surface area contributed by atoms with E-state index in [2.05, 4.69) is 14.6 Å². The number of carbonyl (C=O) groups is 1. The smallest absolute Gasteiger partial charge is 0.255 e. The lowest BCUT2D eigenvalue weighted by Crippen LogP contribution is -2.49. The number of nitrogens with zero attached hydrogens (tertiary/aromatic N) is 3. The molecule has 0 spiro atoms. The summed E-state index contributed by atoms with van der Waals surface area (Å²) in [5, 5.41) is -0.525. The minimum Gasteiger partial charge on any atom is -0.357 e. The molecule has 1 aliphatic carbocycles. The summed E-state index contributed by atoms with van der Waals surface area (Å²) in [5.41, 5.74) is 0.532. The summed E-state index contributed by atoms with van der Waals surface area (Å²) in [6.07, 6.45) is 9.32. The second-order valence-electron chi connectivity index (χ2n) is 8.26. The lowest BCUT2D eigenvalue weighted by atomic mass is 10.1. The number of amides is 1. The van der Waals surface area contributed by atoms with Crippen LogP contribution in [0.4, 0.5) is 5.82 Å². The highest BCUT2D eigenvalue weighted by Gasteiger charge is 2.34. The zero-order valence-corrected chi connectivity index (χ0v) is 17.2. The SMILES string of the molecule is O=C(c1ccc(N2CCCC2)nc1)N1CCC[C@@H](S(=O)(=O)NC2CCCC2)C1. The Kier molecular flexibility index (Phi) is 5.87. The molecule has 0 aromatic carbocycles. The van der Waals surface area contributed by atoms with E-state index >= 15 is 0 Å². The molecule has 28 heavy (non-hydrogen) atoms. The van der Waals surface area contributed by atoms with Crippen molar-refractivity contribution in [1.82, 2.24) is 14.6 Å². The van der Waals surface area contributed by atoms with Crippen LogP contribution >= 0.6 is 0 Å². The van der Waals surface area contributed by atoms with E-state index in [1.54, 1.807) is 11.1 Å². The molecule has 2 saturated heterocycles. The largest absolute Gasteiger partial charge is 0.357 e. The van der Waals surface area contributed by atoms with Crippen molar-refractivity contribution < 1.29 is 13.2 Å². The van der Waals surface area contributed by atoms with Gasteiger partial charge < -0.3 is 9.80 Å². The maximum atomic E-state index is 12.9. The molecule has 2 aliphatic heterocycles. The highest BCUT2D eigenvalue weighted by atomic mass is 32.2. The van der Waals surface area contributed by atoms with Gasteiger partial charge in [-0.1, -0.05) is 12.8 Å². The molecule has 8 heteroatoms. The van der Waals surface area contributed by atoms with Crippen LogP contribution in [-0.4, -0.2) is 61.7 Å². The first-order chi connectivity index (χ1) is 13.5. The first-order valence-electron chi connectivity index (χ1n) is 10.5. The van der Waals surface area contributed by atoms with Crippen molar-refractivity contribution >= 4 is 21.7 Å². The van der Waals surface area contributed by atoms with Crippen LogP contribution in [0.2, 0.25) is 0 Å². The third-order valence-corrected chi connectivity index (χ3v) is 8.14. The molecule has 4 rings (SSSR count). The molecule has 1 aromatic heterocycles. The predicted octanol–water partition coefficient (Wildman–Crippen LogP) is 2.15. The first-order valence-corrected chi connectivity index (χ1v) is 12.1. The highest BCUT2D eigenvalue weighted by Crippen LogP contribution is 2.23. The Morgan fingerprint density at radius 1 is 1.00 bits per heavy atom. The van der Waals surface area contributed by atoms with Crippen molar-refractivity contribution in [2.75, 3.05) is 31.1 Å². The molecule has 1 amide bonds. The van der Waals surface area contributed by atoms with Crippen molar-refractivity contribution in [2.24, 2.45) is 0 Å². The van der Waals surface area contributed by atoms with E-state index in [9.17, 15) is 13.2 Å². The summed E-state index contributed by atoms with van der Waals surface area (Å²) in [5.74, 6) is 0.787. The molecule has 1 aromatic rings. The lowest BCUT2D eigenvalue weighted by molar-refractivity contribution is 0.0726. The maximum Gasteiger partial charge on any atom is 0.255 e. The normalized spacial score (nSPS) is 24.1. The van der Waals surface area contributed by atoms with Gasteiger partial charge in [0.25, 0.3) is 5.91 Å². The first kappa shape index (κ1) is 19.6. The number of anilines is 1. The number of aromatic nitrogens is 1. The number of carbonyl (C=O) groups excluding carboxylic acids is 1. The van der Waals surface area contributed by atoms with Crippen LogP contribution < -0.4 is 9.62 Å². The minimum atomic E-state index is -3.40. The Morgan fingerprint density at radius 3 is 2.43 bits per heavy atom. The molecule has 7 nitrogen and oxygen atoms in total. The fraction of sp³-hybridized carbons (Fsp3) is 0.700. The lowest BCUT2D eigenvalue weighted by Gasteiger charge is -2.33. The van der Waals surface area contributed by atoms with E-state index in [0.29, 0.717) is 24.9 Å². The van der Waals surface area contributed by atoms with Gasteiger partial charge in [0.1, 0.15) is 5.82 Å². The Bertz CT molecular complexity index is 784. The van der Waals surface area contributed by atoms with E-state index in [0.717, 1.165) is 44.6 Å². The summed E-state index contributed by atoms with van der Waals surface area (Å²) >= 11 is 0. The van der Waals surface area contributed by atoms with Crippen LogP contribution in [0, 0.1) is 0 Å². The van der Waals surface area contributed by atoms with Crippen LogP contribution in [-0.2, 0) is 10.0 Å². The molecule has 3 fully saturated rings. The highest BCUT2D eigenvalue weighted by molar-refractivity contribution is 7.90. The van der Waals surface area contributed by atoms with Crippen LogP contribution in [0.5, 0.6) is 0 Å². The van der Waals surface area contributed by atoms with Crippen LogP contribution in [0.3, 0.4) is 0 Å². The monoisotopic (exact) mass is 406 g/mol. The van der Waals surface area contributed by atoms with Gasteiger partial charge in [-0.05, 0) is 50.7 Å². The van der Waals surface area contributed by atoms with Crippen LogP contribution in [0.25, 0.3) is 0 Å². The van der Waals surface area contributed by atoms with Crippen molar-refractivity contribution in [3.05, 3.63) is 23.9 Å². The average molecular weight is 407 g/mol. The molecule has 3 heterocycles. The number of pyridine rings is 1. The standard InChI is InChI=1S/C20H30N4O3S/c25-20(16-9-10-19(21-14-16)23-11-3-4-12-23)24-13-5-8-18(15-24)28(26,27)22-17-6-1-2-7-17/h9-10,14,17-18,22H,1-8,11-13,15H2/t18-/m1/s1. The molecule has 0 unspecified atom stereocenters. The topological polar surface area (TPSA) is 82.6 Å². The van der Waals surface area contributed by atoms with Crippen molar-refractivity contribution in [3.63, 3.8) is 0 Å². The fourth-order valence-electron chi connectivity index (χ4n) is 4.58. The number of nitrogens with one attached hydrogen (secondary N) is 1. The van der Waals surface area contributed by atoms with E-state index in [-0.39, 0.29) is 18.5 Å². The number of likely N-dealkylation sites (tertiary alicyclic amines) is 1. The van der Waals surface area contributed by atoms with Gasteiger partial charge in [0.2, 0.25) is 10.0 Å². The number of piperidine rings is 1. The average Bonchev–Trinajstić information content (AvgIpc) is 3.41. The quantitative estimate of drug-likeness (QED) is 0.810. The number of hydrogen-bond acceptors (Lipinski definition) is 5. The number of rotatable bonds is 5. The zero-order valence-electron chi connectivity index (χ0n) is 16.3. The predicted molar refractivity (Wildman–Crippen MR) is 109 cm³/mol. The third kappa shape index (κ3) is 4.33. The summed E-state index contributed by atoms with van der Waals surface area (Å²) in [7, 11) is -3.40. The van der Waals surface area contributed by atoms with Gasteiger partial charge in [-0.15, -0.1) is 0 Å². The van der Waals surface area contributed by atoms with Gasteiger partial charge in [0.15, 0.2) is 0 Å². The summed E-state index contributed by atoms with van der Waals surface area (Å²) < 4.78 is 28.4. The Labute approximate surface area is 167 Å². The van der Waals surface area contributed by atoms with Gasteiger partial charge in [-0.3, -0.25) is 4.79 Å². The Hall–Kier alpha value is -1.67. The van der Waals surface area contributed by atoms with Gasteiger partial charge in [-0.25, -0.2) is 18.1 Å². The molecule has 0 bridgehead atoms. The molecule has 1 saturated carbocycles. The maximum absolute atomic E-state index is 12.9. The van der Waals surface area contributed by atoms with E-state index in [1.807, 2.05) is 12.1 Å². The molecule has 0 radical (unpaired) electrons. The summed E-state index contributed by atoms with van der Waals surface area (Å²) in [6, 6.07) is 3.79. The van der Waals surface area contributed by atoms with E-state index < -0.39 is 15.3 Å². The fourth-order valence-corrected chi connectivity index (χ4v) is 6.32. The second-order valence-corrected chi connectivity index (χ2v) is 10.3. The number of sulfonamides is 1. The van der Waals surface area contributed by atoms with Crippen LogP contribution in [0.15, 0.2) is 18.3 Å². The number of hydrogen-bond donors (Lipinski definition) is 1. The van der Waals surface area contributed by atoms with Crippen molar-refractivity contribution in [1.29, 1.82) is 0 Å². The van der Waals surface area contributed by atoms with Gasteiger partial charge >= 0.3 is 0 Å². The molecule has 1 atom stereocenters. The van der Waals surface area contributed by atoms with Crippen molar-refractivity contribution in [3.8, 4) is 0 Å². The second kappa shape index (κ2) is 8.37. The van der Waals surface area contributed by atoms with E-state index in [1.165, 1.54) is 12.8 Å². The van der Waals surface area contributed by atoms with Crippen molar-refractivity contribution in [2.45, 2.75) is 62.7 Å². The zero-order chi connectivity index (χ0) is 19.6. The summed E-state index contributed by atoms with van der Waals surface area (Å²) in [6.45, 7) is 2.89. The Balaban J connectivity index is 1.40. The minimum absolute atomic E-state index is 0.0680.